The molecule has 0 radical (unpaired) electrons. The van der Waals surface area contributed by atoms with Crippen LogP contribution in [0.15, 0.2) is 24.5 Å². The van der Waals surface area contributed by atoms with E-state index in [0.717, 1.165) is 23.4 Å². The molecule has 0 aliphatic carbocycles. The van der Waals surface area contributed by atoms with Crippen molar-refractivity contribution in [3.63, 3.8) is 0 Å². The van der Waals surface area contributed by atoms with Gasteiger partial charge in [0, 0.05) is 0 Å². The molecule has 0 spiro atoms. The molecule has 2 rings (SSSR count). The average molecular weight is 188 g/mol. The topological polar surface area (TPSA) is 28.7 Å². The maximum absolute atomic E-state index is 4.20. The summed E-state index contributed by atoms with van der Waals surface area (Å²) in [5.74, 6) is 0.760. The monoisotopic (exact) mass is 188 g/mol. The third-order valence-corrected chi connectivity index (χ3v) is 2.77. The van der Waals surface area contributed by atoms with Crippen LogP contribution in [0, 0.1) is 5.92 Å². The van der Waals surface area contributed by atoms with Gasteiger partial charge in [0.05, 0.1) is 17.4 Å². The Kier molecular flexibility index (Phi) is 2.53. The van der Waals surface area contributed by atoms with E-state index in [1.165, 1.54) is 12.0 Å². The summed E-state index contributed by atoms with van der Waals surface area (Å²) in [7, 11) is 0. The number of rotatable bonds is 3. The second-order valence-electron chi connectivity index (χ2n) is 3.97. The Labute approximate surface area is 84.4 Å². The minimum Gasteiger partial charge on any atom is -0.345 e. The van der Waals surface area contributed by atoms with Crippen LogP contribution in [-0.4, -0.2) is 9.97 Å². The predicted octanol–water partition coefficient (Wildman–Crippen LogP) is 3.15. The standard InChI is InChI=1S/C12H16N2/c1-3-9(2)6-10-4-5-11-12(7-10)14-8-13-11/h4-5,7-9H,3,6H2,1-2H3,(H,13,14). The summed E-state index contributed by atoms with van der Waals surface area (Å²) < 4.78 is 0. The zero-order valence-corrected chi connectivity index (χ0v) is 8.75. The van der Waals surface area contributed by atoms with Gasteiger partial charge < -0.3 is 4.98 Å². The molecule has 1 heterocycles. The number of aromatic amines is 1. The van der Waals surface area contributed by atoms with E-state index in [2.05, 4.69) is 42.0 Å². The second-order valence-corrected chi connectivity index (χ2v) is 3.97. The Balaban J connectivity index is 2.25. The molecular weight excluding hydrogens is 172 g/mol. The molecule has 1 N–H and O–H groups in total. The van der Waals surface area contributed by atoms with E-state index >= 15 is 0 Å². The van der Waals surface area contributed by atoms with Crippen LogP contribution in [0.1, 0.15) is 25.8 Å². The van der Waals surface area contributed by atoms with E-state index in [4.69, 9.17) is 0 Å². The van der Waals surface area contributed by atoms with Crippen molar-refractivity contribution < 1.29 is 0 Å². The molecule has 1 unspecified atom stereocenters. The van der Waals surface area contributed by atoms with Crippen LogP contribution in [0.25, 0.3) is 11.0 Å². The predicted molar refractivity (Wildman–Crippen MR) is 59.3 cm³/mol. The van der Waals surface area contributed by atoms with Crippen molar-refractivity contribution >= 4 is 11.0 Å². The van der Waals surface area contributed by atoms with E-state index < -0.39 is 0 Å². The van der Waals surface area contributed by atoms with Crippen molar-refractivity contribution in [1.29, 1.82) is 0 Å². The smallest absolute Gasteiger partial charge is 0.0931 e. The maximum atomic E-state index is 4.20. The number of aromatic nitrogens is 2. The number of imidazole rings is 1. The summed E-state index contributed by atoms with van der Waals surface area (Å²) in [6.45, 7) is 4.52. The number of hydrogen-bond donors (Lipinski definition) is 1. The van der Waals surface area contributed by atoms with E-state index in [-0.39, 0.29) is 0 Å². The quantitative estimate of drug-likeness (QED) is 0.787. The molecule has 1 aromatic heterocycles. The van der Waals surface area contributed by atoms with Crippen molar-refractivity contribution in [2.24, 2.45) is 5.92 Å². The van der Waals surface area contributed by atoms with Crippen molar-refractivity contribution in [3.8, 4) is 0 Å². The number of nitrogens with zero attached hydrogens (tertiary/aromatic N) is 1. The van der Waals surface area contributed by atoms with Gasteiger partial charge in [-0.2, -0.15) is 0 Å². The van der Waals surface area contributed by atoms with Crippen molar-refractivity contribution in [3.05, 3.63) is 30.1 Å². The van der Waals surface area contributed by atoms with Crippen LogP contribution in [0.2, 0.25) is 0 Å². The lowest BCUT2D eigenvalue weighted by Crippen LogP contribution is -1.97. The molecule has 1 aromatic carbocycles. The number of nitrogens with one attached hydrogen (secondary N) is 1. The summed E-state index contributed by atoms with van der Waals surface area (Å²) in [4.78, 5) is 7.34. The van der Waals surface area contributed by atoms with Crippen LogP contribution >= 0.6 is 0 Å². The molecule has 0 saturated heterocycles. The van der Waals surface area contributed by atoms with Gasteiger partial charge in [-0.3, -0.25) is 0 Å². The molecule has 2 heteroatoms. The Morgan fingerprint density at radius 1 is 1.43 bits per heavy atom. The van der Waals surface area contributed by atoms with Crippen LogP contribution in [0.4, 0.5) is 0 Å². The highest BCUT2D eigenvalue weighted by Crippen LogP contribution is 2.16. The molecular formula is C12H16N2. The maximum Gasteiger partial charge on any atom is 0.0931 e. The Hall–Kier alpha value is -1.31. The number of benzene rings is 1. The largest absolute Gasteiger partial charge is 0.345 e. The normalized spacial score (nSPS) is 13.3. The van der Waals surface area contributed by atoms with Gasteiger partial charge in [-0.1, -0.05) is 26.3 Å². The van der Waals surface area contributed by atoms with E-state index in [9.17, 15) is 0 Å². The Morgan fingerprint density at radius 3 is 3.07 bits per heavy atom. The molecule has 0 aliphatic rings. The third kappa shape index (κ3) is 1.79. The molecule has 0 amide bonds. The summed E-state index contributed by atoms with van der Waals surface area (Å²) in [5.41, 5.74) is 3.60. The first-order chi connectivity index (χ1) is 6.79. The van der Waals surface area contributed by atoms with Gasteiger partial charge in [-0.25, -0.2) is 4.98 Å². The van der Waals surface area contributed by atoms with Crippen LogP contribution in [-0.2, 0) is 6.42 Å². The van der Waals surface area contributed by atoms with Gasteiger partial charge in [-0.05, 0) is 30.0 Å². The lowest BCUT2D eigenvalue weighted by atomic mass is 9.99. The average Bonchev–Trinajstić information content (AvgIpc) is 2.64. The highest BCUT2D eigenvalue weighted by molar-refractivity contribution is 5.75. The molecule has 0 aliphatic heterocycles. The SMILES string of the molecule is CCC(C)Cc1ccc2nc[nH]c2c1. The minimum atomic E-state index is 0.760. The van der Waals surface area contributed by atoms with Gasteiger partial charge in [0.2, 0.25) is 0 Å². The fourth-order valence-corrected chi connectivity index (χ4v) is 1.66. The number of H-pyrrole nitrogens is 1. The lowest BCUT2D eigenvalue weighted by molar-refractivity contribution is 0.560. The molecule has 14 heavy (non-hydrogen) atoms. The van der Waals surface area contributed by atoms with Crippen LogP contribution in [0.5, 0.6) is 0 Å². The molecule has 1 atom stereocenters. The molecule has 0 bridgehead atoms. The summed E-state index contributed by atoms with van der Waals surface area (Å²) in [6, 6.07) is 6.47. The fourth-order valence-electron chi connectivity index (χ4n) is 1.66. The lowest BCUT2D eigenvalue weighted by Gasteiger charge is -2.07. The number of fused-ring (bicyclic) bond motifs is 1. The molecule has 2 aromatic rings. The van der Waals surface area contributed by atoms with E-state index in [0.29, 0.717) is 0 Å². The summed E-state index contributed by atoms with van der Waals surface area (Å²) in [5, 5.41) is 0. The second kappa shape index (κ2) is 3.82. The van der Waals surface area contributed by atoms with Gasteiger partial charge in [0.25, 0.3) is 0 Å². The Morgan fingerprint density at radius 2 is 2.29 bits per heavy atom. The number of hydrogen-bond acceptors (Lipinski definition) is 1. The fraction of sp³-hybridized carbons (Fsp3) is 0.417. The van der Waals surface area contributed by atoms with Crippen molar-refractivity contribution in [1.82, 2.24) is 9.97 Å². The highest BCUT2D eigenvalue weighted by Gasteiger charge is 2.02. The van der Waals surface area contributed by atoms with Crippen molar-refractivity contribution in [2.75, 3.05) is 0 Å². The molecule has 2 nitrogen and oxygen atoms in total. The van der Waals surface area contributed by atoms with Crippen LogP contribution < -0.4 is 0 Å². The third-order valence-electron chi connectivity index (χ3n) is 2.77. The van der Waals surface area contributed by atoms with E-state index in [1.807, 2.05) is 0 Å². The zero-order chi connectivity index (χ0) is 9.97. The first-order valence-electron chi connectivity index (χ1n) is 5.21. The molecule has 0 fully saturated rings. The first kappa shape index (κ1) is 9.25. The van der Waals surface area contributed by atoms with Crippen molar-refractivity contribution in [2.45, 2.75) is 26.7 Å². The van der Waals surface area contributed by atoms with Crippen LogP contribution in [0.3, 0.4) is 0 Å². The first-order valence-corrected chi connectivity index (χ1v) is 5.21. The minimum absolute atomic E-state index is 0.760. The molecule has 0 saturated carbocycles. The zero-order valence-electron chi connectivity index (χ0n) is 8.75. The summed E-state index contributed by atoms with van der Waals surface area (Å²) >= 11 is 0. The Bertz CT molecular complexity index is 417. The van der Waals surface area contributed by atoms with Gasteiger partial charge in [-0.15, -0.1) is 0 Å². The highest BCUT2D eigenvalue weighted by atomic mass is 14.9. The van der Waals surface area contributed by atoms with Gasteiger partial charge in [0.15, 0.2) is 0 Å². The van der Waals surface area contributed by atoms with Gasteiger partial charge >= 0.3 is 0 Å². The molecule has 74 valence electrons. The van der Waals surface area contributed by atoms with E-state index in [1.54, 1.807) is 6.33 Å². The van der Waals surface area contributed by atoms with Gasteiger partial charge in [0.1, 0.15) is 0 Å². The summed E-state index contributed by atoms with van der Waals surface area (Å²) in [6.07, 6.45) is 4.14.